The standard InChI is InChI=1S/C16H32N2/c1-15(2,3)18-11-8-13(9-12-18)17-14-7-6-10-16(14,4)5/h13-14,17H,6-12H2,1-5H3. The molecule has 1 heterocycles. The van der Waals surface area contributed by atoms with Crippen LogP contribution in [-0.2, 0) is 0 Å². The topological polar surface area (TPSA) is 15.3 Å². The van der Waals surface area contributed by atoms with Gasteiger partial charge in [-0.25, -0.2) is 0 Å². The maximum atomic E-state index is 3.95. The number of rotatable bonds is 2. The number of likely N-dealkylation sites (tertiary alicyclic amines) is 1. The summed E-state index contributed by atoms with van der Waals surface area (Å²) in [7, 11) is 0. The van der Waals surface area contributed by atoms with Crippen molar-refractivity contribution in [3.05, 3.63) is 0 Å². The van der Waals surface area contributed by atoms with Crippen LogP contribution in [0.25, 0.3) is 0 Å². The van der Waals surface area contributed by atoms with Crippen molar-refractivity contribution in [2.75, 3.05) is 13.1 Å². The highest BCUT2D eigenvalue weighted by Crippen LogP contribution is 2.37. The van der Waals surface area contributed by atoms with Crippen molar-refractivity contribution in [3.8, 4) is 0 Å². The Hall–Kier alpha value is -0.0800. The minimum atomic E-state index is 0.345. The minimum absolute atomic E-state index is 0.345. The lowest BCUT2D eigenvalue weighted by Crippen LogP contribution is -2.52. The van der Waals surface area contributed by atoms with Gasteiger partial charge in [-0.05, 0) is 51.9 Å². The highest BCUT2D eigenvalue weighted by atomic mass is 15.2. The SMILES string of the molecule is CC1(C)CCCC1NC1CCN(C(C)(C)C)CC1. The average molecular weight is 252 g/mol. The fourth-order valence-electron chi connectivity index (χ4n) is 3.64. The van der Waals surface area contributed by atoms with E-state index in [2.05, 4.69) is 44.8 Å². The summed E-state index contributed by atoms with van der Waals surface area (Å²) in [4.78, 5) is 2.63. The van der Waals surface area contributed by atoms with Gasteiger partial charge in [0.15, 0.2) is 0 Å². The zero-order chi connectivity index (χ0) is 13.4. The minimum Gasteiger partial charge on any atom is -0.311 e. The third-order valence-corrected chi connectivity index (χ3v) is 5.14. The molecular weight excluding hydrogens is 220 g/mol. The first-order valence-electron chi connectivity index (χ1n) is 7.80. The summed E-state index contributed by atoms with van der Waals surface area (Å²) in [6.45, 7) is 14.4. The lowest BCUT2D eigenvalue weighted by atomic mass is 9.86. The van der Waals surface area contributed by atoms with Gasteiger partial charge in [0.05, 0.1) is 0 Å². The van der Waals surface area contributed by atoms with E-state index in [9.17, 15) is 0 Å². The summed E-state index contributed by atoms with van der Waals surface area (Å²) >= 11 is 0. The van der Waals surface area contributed by atoms with E-state index in [1.807, 2.05) is 0 Å². The third kappa shape index (κ3) is 3.27. The summed E-state index contributed by atoms with van der Waals surface area (Å²) in [5.41, 5.74) is 0.860. The second kappa shape index (κ2) is 5.13. The van der Waals surface area contributed by atoms with E-state index in [0.717, 1.165) is 12.1 Å². The molecule has 1 saturated carbocycles. The normalized spacial score (nSPS) is 30.8. The summed E-state index contributed by atoms with van der Waals surface area (Å²) in [6.07, 6.45) is 6.83. The van der Waals surface area contributed by atoms with Gasteiger partial charge in [-0.3, -0.25) is 4.90 Å². The average Bonchev–Trinajstić information content (AvgIpc) is 2.58. The molecule has 0 radical (unpaired) electrons. The molecular formula is C16H32N2. The highest BCUT2D eigenvalue weighted by molar-refractivity contribution is 4.93. The van der Waals surface area contributed by atoms with Gasteiger partial charge in [-0.15, -0.1) is 0 Å². The van der Waals surface area contributed by atoms with Crippen LogP contribution in [0.5, 0.6) is 0 Å². The summed E-state index contributed by atoms with van der Waals surface area (Å²) in [5, 5.41) is 3.95. The van der Waals surface area contributed by atoms with E-state index in [-0.39, 0.29) is 0 Å². The van der Waals surface area contributed by atoms with Gasteiger partial charge in [0.25, 0.3) is 0 Å². The zero-order valence-electron chi connectivity index (χ0n) is 13.1. The van der Waals surface area contributed by atoms with Crippen LogP contribution < -0.4 is 5.32 Å². The van der Waals surface area contributed by atoms with Gasteiger partial charge < -0.3 is 5.32 Å². The van der Waals surface area contributed by atoms with Crippen LogP contribution in [-0.4, -0.2) is 35.6 Å². The van der Waals surface area contributed by atoms with E-state index in [0.29, 0.717) is 11.0 Å². The van der Waals surface area contributed by atoms with Crippen LogP contribution in [0.3, 0.4) is 0 Å². The molecule has 1 unspecified atom stereocenters. The number of piperidine rings is 1. The molecule has 2 aliphatic rings. The Kier molecular flexibility index (Phi) is 4.08. The van der Waals surface area contributed by atoms with Crippen LogP contribution in [0.2, 0.25) is 0 Å². The smallest absolute Gasteiger partial charge is 0.0125 e. The molecule has 1 aliphatic carbocycles. The largest absolute Gasteiger partial charge is 0.311 e. The van der Waals surface area contributed by atoms with E-state index in [1.165, 1.54) is 45.2 Å². The van der Waals surface area contributed by atoms with Gasteiger partial charge >= 0.3 is 0 Å². The number of hydrogen-bond donors (Lipinski definition) is 1. The molecule has 18 heavy (non-hydrogen) atoms. The van der Waals surface area contributed by atoms with Crippen molar-refractivity contribution < 1.29 is 0 Å². The van der Waals surface area contributed by atoms with Crippen LogP contribution in [0, 0.1) is 5.41 Å². The second-order valence-corrected chi connectivity index (χ2v) is 8.03. The molecule has 1 N–H and O–H groups in total. The van der Waals surface area contributed by atoms with Crippen molar-refractivity contribution in [2.45, 2.75) is 84.3 Å². The van der Waals surface area contributed by atoms with Crippen LogP contribution in [0.15, 0.2) is 0 Å². The fourth-order valence-corrected chi connectivity index (χ4v) is 3.64. The number of hydrogen-bond acceptors (Lipinski definition) is 2. The summed E-state index contributed by atoms with van der Waals surface area (Å²) in [5.74, 6) is 0. The molecule has 0 aromatic carbocycles. The summed E-state index contributed by atoms with van der Waals surface area (Å²) in [6, 6.07) is 1.51. The van der Waals surface area contributed by atoms with Crippen molar-refractivity contribution in [1.82, 2.24) is 10.2 Å². The number of nitrogens with zero attached hydrogens (tertiary/aromatic N) is 1. The van der Waals surface area contributed by atoms with E-state index >= 15 is 0 Å². The first-order valence-corrected chi connectivity index (χ1v) is 7.80. The third-order valence-electron chi connectivity index (χ3n) is 5.14. The van der Waals surface area contributed by atoms with Gasteiger partial charge in [0, 0.05) is 30.7 Å². The second-order valence-electron chi connectivity index (χ2n) is 8.03. The Labute approximate surface area is 114 Å². The van der Waals surface area contributed by atoms with E-state index < -0.39 is 0 Å². The van der Waals surface area contributed by atoms with Crippen LogP contribution >= 0.6 is 0 Å². The van der Waals surface area contributed by atoms with Crippen molar-refractivity contribution in [3.63, 3.8) is 0 Å². The predicted molar refractivity (Wildman–Crippen MR) is 78.9 cm³/mol. The fraction of sp³-hybridized carbons (Fsp3) is 1.00. The Morgan fingerprint density at radius 1 is 1.06 bits per heavy atom. The highest BCUT2D eigenvalue weighted by Gasteiger charge is 2.36. The Morgan fingerprint density at radius 2 is 1.67 bits per heavy atom. The van der Waals surface area contributed by atoms with Crippen LogP contribution in [0.1, 0.15) is 66.7 Å². The molecule has 0 aromatic rings. The predicted octanol–water partition coefficient (Wildman–Crippen LogP) is 3.42. The van der Waals surface area contributed by atoms with Crippen LogP contribution in [0.4, 0.5) is 0 Å². The van der Waals surface area contributed by atoms with Crippen molar-refractivity contribution in [2.24, 2.45) is 5.41 Å². The van der Waals surface area contributed by atoms with E-state index in [1.54, 1.807) is 0 Å². The molecule has 0 aromatic heterocycles. The molecule has 2 nitrogen and oxygen atoms in total. The maximum absolute atomic E-state index is 3.95. The molecule has 2 heteroatoms. The van der Waals surface area contributed by atoms with Crippen molar-refractivity contribution in [1.29, 1.82) is 0 Å². The molecule has 0 spiro atoms. The Bertz CT molecular complexity index is 269. The number of nitrogens with one attached hydrogen (secondary N) is 1. The molecule has 0 bridgehead atoms. The van der Waals surface area contributed by atoms with E-state index in [4.69, 9.17) is 0 Å². The molecule has 2 fully saturated rings. The van der Waals surface area contributed by atoms with Gasteiger partial charge in [-0.2, -0.15) is 0 Å². The van der Waals surface area contributed by atoms with Gasteiger partial charge in [0.1, 0.15) is 0 Å². The molecule has 1 saturated heterocycles. The monoisotopic (exact) mass is 252 g/mol. The molecule has 0 amide bonds. The molecule has 106 valence electrons. The van der Waals surface area contributed by atoms with Gasteiger partial charge in [-0.1, -0.05) is 20.3 Å². The maximum Gasteiger partial charge on any atom is 0.0125 e. The Morgan fingerprint density at radius 3 is 2.11 bits per heavy atom. The molecule has 1 aliphatic heterocycles. The quantitative estimate of drug-likeness (QED) is 0.810. The lowest BCUT2D eigenvalue weighted by Gasteiger charge is -2.42. The summed E-state index contributed by atoms with van der Waals surface area (Å²) < 4.78 is 0. The first kappa shape index (κ1) is 14.3. The van der Waals surface area contributed by atoms with Gasteiger partial charge in [0.2, 0.25) is 0 Å². The first-order chi connectivity index (χ1) is 8.29. The van der Waals surface area contributed by atoms with Crippen molar-refractivity contribution >= 4 is 0 Å². The molecule has 1 atom stereocenters. The molecule has 2 rings (SSSR count). The Balaban J connectivity index is 1.80. The zero-order valence-corrected chi connectivity index (χ0v) is 13.1. The lowest BCUT2D eigenvalue weighted by molar-refractivity contribution is 0.0893.